The molecule has 1 aliphatic rings. The molecule has 0 aromatic heterocycles. The van der Waals surface area contributed by atoms with Crippen LogP contribution >= 0.6 is 12.2 Å². The molecule has 98 valence electrons. The number of carbonyl (C=O) groups excluding carboxylic acids is 1. The highest BCUT2D eigenvalue weighted by molar-refractivity contribution is 7.80. The number of likely N-dealkylation sites (N-methyl/N-ethyl adjacent to an activating group) is 1. The number of rotatable bonds is 7. The Balaban J connectivity index is 2.23. The van der Waals surface area contributed by atoms with Gasteiger partial charge in [-0.15, -0.1) is 0 Å². The second kappa shape index (κ2) is 7.61. The Hall–Kier alpha value is -0.680. The molecule has 0 spiro atoms. The summed E-state index contributed by atoms with van der Waals surface area (Å²) in [5.41, 5.74) is 5.46. The van der Waals surface area contributed by atoms with Crippen molar-refractivity contribution in [3.05, 3.63) is 0 Å². The molecular formula is C12H23N3OS. The Morgan fingerprint density at radius 3 is 2.65 bits per heavy atom. The summed E-state index contributed by atoms with van der Waals surface area (Å²) < 4.78 is 0. The summed E-state index contributed by atoms with van der Waals surface area (Å²) in [5.74, 6) is 0.127. The Kier molecular flexibility index (Phi) is 6.44. The maximum atomic E-state index is 11.8. The number of nitrogens with two attached hydrogens (primary N) is 1. The van der Waals surface area contributed by atoms with E-state index in [4.69, 9.17) is 18.0 Å². The van der Waals surface area contributed by atoms with Crippen molar-refractivity contribution in [1.29, 1.82) is 0 Å². The lowest BCUT2D eigenvalue weighted by molar-refractivity contribution is -0.122. The molecule has 0 aromatic rings. The average molecular weight is 257 g/mol. The summed E-state index contributed by atoms with van der Waals surface area (Å²) in [4.78, 5) is 14.4. The largest absolute Gasteiger partial charge is 0.393 e. The quantitative estimate of drug-likeness (QED) is 0.669. The van der Waals surface area contributed by atoms with Gasteiger partial charge in [0.05, 0.1) is 11.5 Å². The van der Waals surface area contributed by atoms with E-state index >= 15 is 0 Å². The van der Waals surface area contributed by atoms with Gasteiger partial charge in [-0.1, -0.05) is 32.0 Å². The molecule has 0 aliphatic heterocycles. The summed E-state index contributed by atoms with van der Waals surface area (Å²) in [7, 11) is 0. The Morgan fingerprint density at radius 1 is 1.47 bits per heavy atom. The minimum atomic E-state index is 0.127. The molecule has 4 nitrogen and oxygen atoms in total. The van der Waals surface area contributed by atoms with Crippen LogP contribution in [0.2, 0.25) is 0 Å². The molecule has 0 radical (unpaired) electrons. The molecule has 17 heavy (non-hydrogen) atoms. The predicted molar refractivity (Wildman–Crippen MR) is 73.9 cm³/mol. The molecule has 3 N–H and O–H groups in total. The van der Waals surface area contributed by atoms with E-state index in [-0.39, 0.29) is 5.91 Å². The van der Waals surface area contributed by atoms with Crippen molar-refractivity contribution in [1.82, 2.24) is 10.2 Å². The summed E-state index contributed by atoms with van der Waals surface area (Å²) in [6.07, 6.45) is 5.42. The lowest BCUT2D eigenvalue weighted by Gasteiger charge is -2.21. The summed E-state index contributed by atoms with van der Waals surface area (Å²) in [5, 5.41) is 3.09. The highest BCUT2D eigenvalue weighted by atomic mass is 32.1. The summed E-state index contributed by atoms with van der Waals surface area (Å²) >= 11 is 4.84. The van der Waals surface area contributed by atoms with Gasteiger partial charge >= 0.3 is 0 Å². The second-order valence-electron chi connectivity index (χ2n) is 4.63. The zero-order chi connectivity index (χ0) is 12.7. The predicted octanol–water partition coefficient (Wildman–Crippen LogP) is 1.04. The van der Waals surface area contributed by atoms with Crippen LogP contribution in [0.4, 0.5) is 0 Å². The number of thiocarbonyl (C=S) groups is 1. The SMILES string of the molecule is CCN(CCC(N)=S)CC(=O)NC1CCCC1. The normalized spacial score (nSPS) is 16.4. The third kappa shape index (κ3) is 5.98. The number of nitrogens with one attached hydrogen (secondary N) is 1. The molecule has 0 unspecified atom stereocenters. The number of nitrogens with zero attached hydrogens (tertiary/aromatic N) is 1. The van der Waals surface area contributed by atoms with Gasteiger partial charge in [0, 0.05) is 19.0 Å². The monoisotopic (exact) mass is 257 g/mol. The van der Waals surface area contributed by atoms with E-state index in [9.17, 15) is 4.79 Å². The van der Waals surface area contributed by atoms with E-state index in [1.165, 1.54) is 12.8 Å². The van der Waals surface area contributed by atoms with Gasteiger partial charge in [0.2, 0.25) is 5.91 Å². The molecule has 0 bridgehead atoms. The van der Waals surface area contributed by atoms with Gasteiger partial charge in [-0.2, -0.15) is 0 Å². The molecule has 0 heterocycles. The van der Waals surface area contributed by atoms with E-state index in [0.717, 1.165) is 25.9 Å². The number of carbonyl (C=O) groups is 1. The molecule has 1 amide bonds. The third-order valence-electron chi connectivity index (χ3n) is 3.21. The Bertz CT molecular complexity index is 264. The number of hydrogen-bond donors (Lipinski definition) is 2. The lowest BCUT2D eigenvalue weighted by Crippen LogP contribution is -2.41. The summed E-state index contributed by atoms with van der Waals surface area (Å²) in [6.45, 7) is 4.11. The first-order valence-electron chi connectivity index (χ1n) is 6.41. The fraction of sp³-hybridized carbons (Fsp3) is 0.833. The first-order chi connectivity index (χ1) is 8.11. The van der Waals surface area contributed by atoms with E-state index < -0.39 is 0 Å². The minimum absolute atomic E-state index is 0.127. The van der Waals surface area contributed by atoms with Crippen molar-refractivity contribution >= 4 is 23.1 Å². The zero-order valence-electron chi connectivity index (χ0n) is 10.6. The molecule has 0 aromatic carbocycles. The van der Waals surface area contributed by atoms with E-state index in [1.807, 2.05) is 6.92 Å². The van der Waals surface area contributed by atoms with Crippen molar-refractivity contribution in [2.45, 2.75) is 45.1 Å². The van der Waals surface area contributed by atoms with Crippen molar-refractivity contribution in [3.63, 3.8) is 0 Å². The second-order valence-corrected chi connectivity index (χ2v) is 5.16. The van der Waals surface area contributed by atoms with Crippen LogP contribution in [0.1, 0.15) is 39.0 Å². The van der Waals surface area contributed by atoms with Crippen LogP contribution in [0.25, 0.3) is 0 Å². The van der Waals surface area contributed by atoms with Crippen LogP contribution in [0.3, 0.4) is 0 Å². The highest BCUT2D eigenvalue weighted by Gasteiger charge is 2.18. The van der Waals surface area contributed by atoms with Crippen molar-refractivity contribution < 1.29 is 4.79 Å². The van der Waals surface area contributed by atoms with Crippen molar-refractivity contribution in [3.8, 4) is 0 Å². The smallest absolute Gasteiger partial charge is 0.234 e. The van der Waals surface area contributed by atoms with Gasteiger partial charge in [-0.3, -0.25) is 9.69 Å². The molecular weight excluding hydrogens is 234 g/mol. The molecule has 0 saturated heterocycles. The average Bonchev–Trinajstić information content (AvgIpc) is 2.76. The highest BCUT2D eigenvalue weighted by Crippen LogP contribution is 2.17. The van der Waals surface area contributed by atoms with Crippen LogP contribution in [0.5, 0.6) is 0 Å². The van der Waals surface area contributed by atoms with Crippen LogP contribution in [-0.4, -0.2) is 41.5 Å². The molecule has 5 heteroatoms. The van der Waals surface area contributed by atoms with Gasteiger partial charge in [-0.25, -0.2) is 0 Å². The van der Waals surface area contributed by atoms with Crippen molar-refractivity contribution in [2.24, 2.45) is 5.73 Å². The van der Waals surface area contributed by atoms with Crippen LogP contribution < -0.4 is 11.1 Å². The third-order valence-corrected chi connectivity index (χ3v) is 3.41. The van der Waals surface area contributed by atoms with Gasteiger partial charge in [0.15, 0.2) is 0 Å². The van der Waals surface area contributed by atoms with Gasteiger partial charge in [0.1, 0.15) is 0 Å². The Labute approximate surface area is 109 Å². The molecule has 1 aliphatic carbocycles. The topological polar surface area (TPSA) is 58.4 Å². The van der Waals surface area contributed by atoms with Gasteiger partial charge in [-0.05, 0) is 19.4 Å². The maximum Gasteiger partial charge on any atom is 0.234 e. The maximum absolute atomic E-state index is 11.8. The van der Waals surface area contributed by atoms with Crippen molar-refractivity contribution in [2.75, 3.05) is 19.6 Å². The Morgan fingerprint density at radius 2 is 2.12 bits per heavy atom. The number of amides is 1. The molecule has 0 atom stereocenters. The van der Waals surface area contributed by atoms with Gasteiger partial charge in [0.25, 0.3) is 0 Å². The lowest BCUT2D eigenvalue weighted by atomic mass is 10.2. The molecule has 1 fully saturated rings. The molecule has 1 rings (SSSR count). The van der Waals surface area contributed by atoms with E-state index in [0.29, 0.717) is 24.0 Å². The fourth-order valence-electron chi connectivity index (χ4n) is 2.16. The number of hydrogen-bond acceptors (Lipinski definition) is 3. The summed E-state index contributed by atoms with van der Waals surface area (Å²) in [6, 6.07) is 0.400. The minimum Gasteiger partial charge on any atom is -0.393 e. The standard InChI is InChI=1S/C12H23N3OS/c1-2-15(8-7-11(13)17)9-12(16)14-10-5-3-4-6-10/h10H,2-9H2,1H3,(H2,13,17)(H,14,16). The first kappa shape index (κ1) is 14.4. The molecule has 1 saturated carbocycles. The van der Waals surface area contributed by atoms with E-state index in [2.05, 4.69) is 10.2 Å². The van der Waals surface area contributed by atoms with E-state index in [1.54, 1.807) is 0 Å². The van der Waals surface area contributed by atoms with Gasteiger partial charge < -0.3 is 11.1 Å². The fourth-order valence-corrected chi connectivity index (χ4v) is 2.26. The van der Waals surface area contributed by atoms with Crippen LogP contribution in [0.15, 0.2) is 0 Å². The van der Waals surface area contributed by atoms with Crippen LogP contribution in [-0.2, 0) is 4.79 Å². The zero-order valence-corrected chi connectivity index (χ0v) is 11.4. The van der Waals surface area contributed by atoms with Crippen LogP contribution in [0, 0.1) is 0 Å². The first-order valence-corrected chi connectivity index (χ1v) is 6.82.